The summed E-state index contributed by atoms with van der Waals surface area (Å²) < 4.78 is 2.61. The Morgan fingerprint density at radius 1 is 1.10 bits per heavy atom. The molecule has 2 heteroatoms. The Morgan fingerprint density at radius 2 is 1.90 bits per heavy atom. The van der Waals surface area contributed by atoms with Crippen LogP contribution in [0, 0.1) is 6.92 Å². The van der Waals surface area contributed by atoms with E-state index >= 15 is 0 Å². The van der Waals surface area contributed by atoms with Gasteiger partial charge in [-0.15, -0.1) is 0 Å². The highest BCUT2D eigenvalue weighted by Crippen LogP contribution is 2.43. The third-order valence-electron chi connectivity index (χ3n) is 4.52. The number of aryl methyl sites for hydroxylation is 1. The standard InChI is InChI=1S/C19H21NSi/c1-13-8-9-17-16(10-13)19-15-7-5-4-6-14(15)11-18(19)20(17)12-21(2)3/h4-10,21H,11-12H2,1-3H3. The summed E-state index contributed by atoms with van der Waals surface area (Å²) in [6.07, 6.45) is 2.34. The summed E-state index contributed by atoms with van der Waals surface area (Å²) in [4.78, 5) is 0. The first-order valence-electron chi connectivity index (χ1n) is 7.85. The van der Waals surface area contributed by atoms with Crippen molar-refractivity contribution in [2.75, 3.05) is 0 Å². The maximum atomic E-state index is 2.61. The first-order valence-corrected chi connectivity index (χ1v) is 11.0. The first kappa shape index (κ1) is 12.9. The van der Waals surface area contributed by atoms with Gasteiger partial charge in [0, 0.05) is 34.7 Å². The molecule has 1 aliphatic carbocycles. The molecule has 0 atom stereocenters. The normalized spacial score (nSPS) is 13.0. The zero-order chi connectivity index (χ0) is 14.6. The van der Waals surface area contributed by atoms with Crippen LogP contribution >= 0.6 is 0 Å². The van der Waals surface area contributed by atoms with Gasteiger partial charge in [-0.1, -0.05) is 49.0 Å². The molecule has 0 fully saturated rings. The number of fused-ring (bicyclic) bond motifs is 5. The van der Waals surface area contributed by atoms with Gasteiger partial charge in [-0.3, -0.25) is 0 Å². The molecule has 1 aromatic heterocycles. The van der Waals surface area contributed by atoms with E-state index in [1.807, 2.05) is 0 Å². The molecule has 0 aliphatic heterocycles. The van der Waals surface area contributed by atoms with Gasteiger partial charge in [0.1, 0.15) is 0 Å². The number of rotatable bonds is 2. The Kier molecular flexibility index (Phi) is 2.83. The van der Waals surface area contributed by atoms with E-state index in [0.29, 0.717) is 0 Å². The van der Waals surface area contributed by atoms with Crippen molar-refractivity contribution >= 4 is 19.7 Å². The Morgan fingerprint density at radius 3 is 2.71 bits per heavy atom. The van der Waals surface area contributed by atoms with Gasteiger partial charge in [-0.2, -0.15) is 0 Å². The van der Waals surface area contributed by atoms with Gasteiger partial charge in [0.15, 0.2) is 0 Å². The highest BCUT2D eigenvalue weighted by molar-refractivity contribution is 6.54. The van der Waals surface area contributed by atoms with Crippen LogP contribution in [0.3, 0.4) is 0 Å². The summed E-state index contributed by atoms with van der Waals surface area (Å²) in [6.45, 7) is 7.07. The highest BCUT2D eigenvalue weighted by atomic mass is 28.3. The fraction of sp³-hybridized carbons (Fsp3) is 0.263. The largest absolute Gasteiger partial charge is 0.347 e. The lowest BCUT2D eigenvalue weighted by Crippen LogP contribution is -2.14. The second-order valence-electron chi connectivity index (χ2n) is 6.68. The Balaban J connectivity index is 2.06. The maximum absolute atomic E-state index is 2.61. The zero-order valence-electron chi connectivity index (χ0n) is 13.0. The van der Waals surface area contributed by atoms with Gasteiger partial charge in [0.05, 0.1) is 8.80 Å². The average Bonchev–Trinajstić information content (AvgIpc) is 2.95. The van der Waals surface area contributed by atoms with Gasteiger partial charge < -0.3 is 4.57 Å². The van der Waals surface area contributed by atoms with E-state index in [9.17, 15) is 0 Å². The summed E-state index contributed by atoms with van der Waals surface area (Å²) in [5.41, 5.74) is 8.77. The molecule has 0 spiro atoms. The molecule has 0 saturated heterocycles. The van der Waals surface area contributed by atoms with Crippen molar-refractivity contribution in [1.82, 2.24) is 4.57 Å². The molecular formula is C19H21NSi. The molecule has 0 amide bonds. The minimum atomic E-state index is -0.652. The lowest BCUT2D eigenvalue weighted by atomic mass is 10.0. The molecule has 2 aromatic carbocycles. The lowest BCUT2D eigenvalue weighted by molar-refractivity contribution is 0.851. The van der Waals surface area contributed by atoms with Crippen molar-refractivity contribution in [3.8, 4) is 11.1 Å². The number of benzene rings is 2. The molecule has 1 nitrogen and oxygen atoms in total. The predicted molar refractivity (Wildman–Crippen MR) is 93.8 cm³/mol. The van der Waals surface area contributed by atoms with Crippen molar-refractivity contribution in [1.29, 1.82) is 0 Å². The van der Waals surface area contributed by atoms with Gasteiger partial charge in [-0.05, 0) is 30.2 Å². The van der Waals surface area contributed by atoms with Gasteiger partial charge in [0.25, 0.3) is 0 Å². The molecule has 1 heterocycles. The Bertz CT molecular complexity index is 842. The molecule has 106 valence electrons. The van der Waals surface area contributed by atoms with Crippen molar-refractivity contribution in [3.05, 3.63) is 59.3 Å². The molecule has 0 radical (unpaired) electrons. The minimum absolute atomic E-state index is 0.652. The van der Waals surface area contributed by atoms with Crippen LogP contribution in [0.25, 0.3) is 22.0 Å². The van der Waals surface area contributed by atoms with Gasteiger partial charge in [0.2, 0.25) is 0 Å². The topological polar surface area (TPSA) is 4.93 Å². The van der Waals surface area contributed by atoms with Gasteiger partial charge >= 0.3 is 0 Å². The number of nitrogens with zero attached hydrogens (tertiary/aromatic N) is 1. The molecule has 0 unspecified atom stereocenters. The highest BCUT2D eigenvalue weighted by Gasteiger charge is 2.26. The second-order valence-corrected chi connectivity index (χ2v) is 9.83. The van der Waals surface area contributed by atoms with Crippen LogP contribution in [0.5, 0.6) is 0 Å². The molecule has 1 aliphatic rings. The Hall–Kier alpha value is -1.80. The SMILES string of the molecule is Cc1ccc2c(c1)c1c(n2C[SiH](C)C)Cc2ccccc2-1. The average molecular weight is 291 g/mol. The van der Waals surface area contributed by atoms with Crippen LogP contribution in [-0.4, -0.2) is 13.4 Å². The molecule has 3 aromatic rings. The number of aromatic nitrogens is 1. The number of hydrogen-bond acceptors (Lipinski definition) is 0. The third kappa shape index (κ3) is 1.89. The van der Waals surface area contributed by atoms with Crippen LogP contribution in [0.15, 0.2) is 42.5 Å². The van der Waals surface area contributed by atoms with Crippen molar-refractivity contribution in [2.45, 2.75) is 32.6 Å². The van der Waals surface area contributed by atoms with Crippen LogP contribution < -0.4 is 0 Å². The smallest absolute Gasteiger partial charge is 0.0541 e. The molecule has 0 bridgehead atoms. The second kappa shape index (κ2) is 4.60. The van der Waals surface area contributed by atoms with E-state index in [1.165, 1.54) is 45.0 Å². The summed E-state index contributed by atoms with van der Waals surface area (Å²) in [5, 5.41) is 1.45. The van der Waals surface area contributed by atoms with Crippen molar-refractivity contribution in [3.63, 3.8) is 0 Å². The van der Waals surface area contributed by atoms with Crippen molar-refractivity contribution < 1.29 is 0 Å². The van der Waals surface area contributed by atoms with Crippen LogP contribution in [-0.2, 0) is 12.6 Å². The summed E-state index contributed by atoms with van der Waals surface area (Å²) in [7, 11) is -0.652. The molecular weight excluding hydrogens is 270 g/mol. The quantitative estimate of drug-likeness (QED) is 0.478. The van der Waals surface area contributed by atoms with E-state index in [4.69, 9.17) is 0 Å². The van der Waals surface area contributed by atoms with E-state index in [0.717, 1.165) is 6.42 Å². The van der Waals surface area contributed by atoms with Crippen LogP contribution in [0.4, 0.5) is 0 Å². The molecule has 0 saturated carbocycles. The van der Waals surface area contributed by atoms with E-state index in [2.05, 4.69) is 67.0 Å². The minimum Gasteiger partial charge on any atom is -0.347 e. The summed E-state index contributed by atoms with van der Waals surface area (Å²) in [5.74, 6) is 0. The maximum Gasteiger partial charge on any atom is 0.0541 e. The van der Waals surface area contributed by atoms with E-state index in [-0.39, 0.29) is 0 Å². The zero-order valence-corrected chi connectivity index (χ0v) is 14.1. The fourth-order valence-electron chi connectivity index (χ4n) is 3.68. The van der Waals surface area contributed by atoms with Crippen LogP contribution in [0.1, 0.15) is 16.8 Å². The number of hydrogen-bond donors (Lipinski definition) is 0. The van der Waals surface area contributed by atoms with Crippen molar-refractivity contribution in [2.24, 2.45) is 0 Å². The molecule has 21 heavy (non-hydrogen) atoms. The molecule has 4 rings (SSSR count). The predicted octanol–water partition coefficient (Wildman–Crippen LogP) is 4.55. The lowest BCUT2D eigenvalue weighted by Gasteiger charge is -2.11. The Labute approximate surface area is 127 Å². The third-order valence-corrected chi connectivity index (χ3v) is 5.61. The monoisotopic (exact) mass is 291 g/mol. The van der Waals surface area contributed by atoms with E-state index < -0.39 is 8.80 Å². The van der Waals surface area contributed by atoms with Crippen LogP contribution in [0.2, 0.25) is 13.1 Å². The fourth-order valence-corrected chi connectivity index (χ4v) is 4.83. The van der Waals surface area contributed by atoms with E-state index in [1.54, 1.807) is 0 Å². The summed E-state index contributed by atoms with van der Waals surface area (Å²) in [6, 6.07) is 15.9. The molecule has 0 N–H and O–H groups in total. The van der Waals surface area contributed by atoms with Gasteiger partial charge in [-0.25, -0.2) is 0 Å². The first-order chi connectivity index (χ1) is 10.1. The summed E-state index contributed by atoms with van der Waals surface area (Å²) >= 11 is 0.